The Hall–Kier alpha value is -2.50. The molecule has 0 saturated carbocycles. The molecule has 0 aromatic heterocycles. The van der Waals surface area contributed by atoms with Crippen LogP contribution in [-0.2, 0) is 38.1 Å². The summed E-state index contributed by atoms with van der Waals surface area (Å²) in [4.78, 5) is 43.1. The smallest absolute Gasteiger partial charge is 0.331 e. The van der Waals surface area contributed by atoms with Gasteiger partial charge in [-0.15, -0.1) is 0 Å². The van der Waals surface area contributed by atoms with E-state index in [9.17, 15) is 19.2 Å². The van der Waals surface area contributed by atoms with Crippen LogP contribution in [0, 0.1) is 0 Å². The van der Waals surface area contributed by atoms with Crippen LogP contribution in [-0.4, -0.2) is 85.4 Å². The molecule has 162 valence electrons. The van der Waals surface area contributed by atoms with Crippen molar-refractivity contribution in [2.45, 2.75) is 26.2 Å². The van der Waals surface area contributed by atoms with Crippen LogP contribution in [0.5, 0.6) is 0 Å². The zero-order chi connectivity index (χ0) is 21.6. The molecule has 0 unspecified atom stereocenters. The van der Waals surface area contributed by atoms with Gasteiger partial charge < -0.3 is 34.3 Å². The molecule has 0 spiro atoms. The minimum Gasteiger partial charge on any atom is -0.463 e. The van der Waals surface area contributed by atoms with Gasteiger partial charge in [-0.2, -0.15) is 0 Å². The molecule has 3 N–H and O–H groups in total. The number of hydrogen-bond acceptors (Lipinski definition) is 11. The standard InChI is InChI=1S/C9H14O5.C8H14O6/c1-2-6-13-8(11)3-4-9(12)14-7-5-10;9-3-5-13-7(11)1-2-8(12)14-6-4-10/h3-4,10H,2,5-7H2,1H3;9-10H,1-6H2/b4-3+;. The molecule has 0 radical (unpaired) electrons. The summed E-state index contributed by atoms with van der Waals surface area (Å²) in [6.45, 7) is 1.28. The second-order valence-corrected chi connectivity index (χ2v) is 4.78. The SMILES string of the molecule is CCCOC(=O)/C=C/C(=O)OCCO.O=C(CCC(=O)OCCO)OCCO. The van der Waals surface area contributed by atoms with Crippen molar-refractivity contribution >= 4 is 23.9 Å². The van der Waals surface area contributed by atoms with Gasteiger partial charge in [0.05, 0.1) is 39.3 Å². The molecule has 11 heteroatoms. The molecule has 28 heavy (non-hydrogen) atoms. The van der Waals surface area contributed by atoms with Crippen molar-refractivity contribution in [3.8, 4) is 0 Å². The summed E-state index contributed by atoms with van der Waals surface area (Å²) in [5.74, 6) is -2.36. The normalized spacial score (nSPS) is 9.86. The van der Waals surface area contributed by atoms with Gasteiger partial charge in [-0.05, 0) is 6.42 Å². The molecular weight excluding hydrogens is 380 g/mol. The molecule has 0 rings (SSSR count). The van der Waals surface area contributed by atoms with Crippen LogP contribution >= 0.6 is 0 Å². The van der Waals surface area contributed by atoms with Crippen molar-refractivity contribution in [2.75, 3.05) is 46.2 Å². The average Bonchev–Trinajstić information content (AvgIpc) is 2.70. The predicted octanol–water partition coefficient (Wildman–Crippen LogP) is -1.13. The Morgan fingerprint density at radius 2 is 1.00 bits per heavy atom. The highest BCUT2D eigenvalue weighted by Crippen LogP contribution is 1.95. The Bertz CT molecular complexity index is 432. The molecule has 0 aromatic carbocycles. The number of aliphatic hydroxyl groups excluding tert-OH is 3. The molecule has 0 heterocycles. The van der Waals surface area contributed by atoms with Gasteiger partial charge in [-0.25, -0.2) is 9.59 Å². The van der Waals surface area contributed by atoms with E-state index in [0.29, 0.717) is 6.61 Å². The largest absolute Gasteiger partial charge is 0.463 e. The maximum Gasteiger partial charge on any atom is 0.331 e. The van der Waals surface area contributed by atoms with Crippen LogP contribution in [0.25, 0.3) is 0 Å². The molecule has 11 nitrogen and oxygen atoms in total. The number of aliphatic hydroxyl groups is 3. The lowest BCUT2D eigenvalue weighted by Gasteiger charge is -2.03. The van der Waals surface area contributed by atoms with Crippen molar-refractivity contribution in [1.29, 1.82) is 0 Å². The lowest BCUT2D eigenvalue weighted by atomic mass is 10.3. The summed E-state index contributed by atoms with van der Waals surface area (Å²) in [5.41, 5.74) is 0. The van der Waals surface area contributed by atoms with Crippen molar-refractivity contribution in [2.24, 2.45) is 0 Å². The van der Waals surface area contributed by atoms with Crippen molar-refractivity contribution < 1.29 is 53.4 Å². The predicted molar refractivity (Wildman–Crippen MR) is 93.8 cm³/mol. The molecule has 0 atom stereocenters. The molecule has 0 saturated heterocycles. The third-order valence-corrected chi connectivity index (χ3v) is 2.38. The molecule has 0 aliphatic carbocycles. The molecule has 0 bridgehead atoms. The van der Waals surface area contributed by atoms with Gasteiger partial charge in [0, 0.05) is 12.2 Å². The zero-order valence-electron chi connectivity index (χ0n) is 15.8. The summed E-state index contributed by atoms with van der Waals surface area (Å²) < 4.78 is 18.1. The second-order valence-electron chi connectivity index (χ2n) is 4.78. The fourth-order valence-electron chi connectivity index (χ4n) is 1.25. The summed E-state index contributed by atoms with van der Waals surface area (Å²) in [6, 6.07) is 0. The number of rotatable bonds is 13. The fraction of sp³-hybridized carbons (Fsp3) is 0.647. The number of esters is 4. The Kier molecular flexibility index (Phi) is 20.6. The van der Waals surface area contributed by atoms with Crippen molar-refractivity contribution in [3.05, 3.63) is 12.2 Å². The van der Waals surface area contributed by atoms with Crippen LogP contribution in [0.2, 0.25) is 0 Å². The number of hydrogen-bond donors (Lipinski definition) is 3. The van der Waals surface area contributed by atoms with Crippen LogP contribution in [0.3, 0.4) is 0 Å². The van der Waals surface area contributed by atoms with Crippen LogP contribution in [0.15, 0.2) is 12.2 Å². The van der Waals surface area contributed by atoms with Gasteiger partial charge >= 0.3 is 23.9 Å². The first-order chi connectivity index (χ1) is 13.4. The molecule has 0 aliphatic rings. The molecule has 0 fully saturated rings. The number of carbonyl (C=O) groups excluding carboxylic acids is 4. The lowest BCUT2D eigenvalue weighted by Crippen LogP contribution is -2.13. The number of carbonyl (C=O) groups is 4. The molecule has 0 aromatic rings. The fourth-order valence-corrected chi connectivity index (χ4v) is 1.25. The quantitative estimate of drug-likeness (QED) is 0.192. The van der Waals surface area contributed by atoms with Gasteiger partial charge in [0.25, 0.3) is 0 Å². The van der Waals surface area contributed by atoms with Crippen LogP contribution < -0.4 is 0 Å². The third kappa shape index (κ3) is 21.5. The van der Waals surface area contributed by atoms with E-state index in [4.69, 9.17) is 15.3 Å². The first-order valence-electron chi connectivity index (χ1n) is 8.56. The summed E-state index contributed by atoms with van der Waals surface area (Å²) >= 11 is 0. The van der Waals surface area contributed by atoms with E-state index >= 15 is 0 Å². The highest BCUT2D eigenvalue weighted by molar-refractivity contribution is 5.91. The monoisotopic (exact) mass is 408 g/mol. The van der Waals surface area contributed by atoms with E-state index in [1.807, 2.05) is 6.92 Å². The van der Waals surface area contributed by atoms with E-state index in [-0.39, 0.29) is 52.5 Å². The van der Waals surface area contributed by atoms with E-state index in [2.05, 4.69) is 18.9 Å². The lowest BCUT2D eigenvalue weighted by molar-refractivity contribution is -0.151. The van der Waals surface area contributed by atoms with Crippen molar-refractivity contribution in [1.82, 2.24) is 0 Å². The highest BCUT2D eigenvalue weighted by atomic mass is 16.6. The molecule has 0 amide bonds. The van der Waals surface area contributed by atoms with Gasteiger partial charge in [-0.1, -0.05) is 6.92 Å². The van der Waals surface area contributed by atoms with E-state index in [1.165, 1.54) is 0 Å². The topological polar surface area (TPSA) is 166 Å². The minimum atomic E-state index is -0.674. The first kappa shape index (κ1) is 27.7. The summed E-state index contributed by atoms with van der Waals surface area (Å²) in [6.07, 6.45) is 2.53. The van der Waals surface area contributed by atoms with Gasteiger partial charge in [0.15, 0.2) is 0 Å². The Labute approximate surface area is 162 Å². The Morgan fingerprint density at radius 1 is 0.643 bits per heavy atom. The summed E-state index contributed by atoms with van der Waals surface area (Å²) in [5, 5.41) is 24.9. The van der Waals surface area contributed by atoms with Gasteiger partial charge in [0.1, 0.15) is 19.8 Å². The maximum atomic E-state index is 10.8. The number of ether oxygens (including phenoxy) is 4. The zero-order valence-corrected chi connectivity index (χ0v) is 15.8. The van der Waals surface area contributed by atoms with Gasteiger partial charge in [0.2, 0.25) is 0 Å². The second kappa shape index (κ2) is 20.8. The molecular formula is C17H28O11. The van der Waals surface area contributed by atoms with Crippen molar-refractivity contribution in [3.63, 3.8) is 0 Å². The highest BCUT2D eigenvalue weighted by Gasteiger charge is 2.08. The van der Waals surface area contributed by atoms with Crippen LogP contribution in [0.4, 0.5) is 0 Å². The summed E-state index contributed by atoms with van der Waals surface area (Å²) in [7, 11) is 0. The minimum absolute atomic E-state index is 0.0650. The Morgan fingerprint density at radius 3 is 1.36 bits per heavy atom. The van der Waals surface area contributed by atoms with E-state index in [0.717, 1.165) is 18.6 Å². The first-order valence-corrected chi connectivity index (χ1v) is 8.56. The Balaban J connectivity index is 0. The van der Waals surface area contributed by atoms with Crippen LogP contribution in [0.1, 0.15) is 26.2 Å². The maximum absolute atomic E-state index is 10.8. The molecule has 0 aliphatic heterocycles. The van der Waals surface area contributed by atoms with E-state index < -0.39 is 23.9 Å². The average molecular weight is 408 g/mol. The van der Waals surface area contributed by atoms with Gasteiger partial charge in [-0.3, -0.25) is 9.59 Å². The van der Waals surface area contributed by atoms with E-state index in [1.54, 1.807) is 0 Å². The third-order valence-electron chi connectivity index (χ3n) is 2.38.